The monoisotopic (exact) mass is 289 g/mol. The zero-order chi connectivity index (χ0) is 15.0. The molecule has 1 aromatic rings. The molecule has 3 rings (SSSR count). The fourth-order valence-electron chi connectivity index (χ4n) is 3.17. The van der Waals surface area contributed by atoms with Crippen LogP contribution in [0.4, 0.5) is 0 Å². The lowest BCUT2D eigenvalue weighted by atomic mass is 9.92. The largest absolute Gasteiger partial charge is 0.497 e. The van der Waals surface area contributed by atoms with Gasteiger partial charge in [0, 0.05) is 18.7 Å². The highest BCUT2D eigenvalue weighted by molar-refractivity contribution is 5.95. The van der Waals surface area contributed by atoms with Crippen molar-refractivity contribution >= 4 is 11.9 Å². The molecule has 1 saturated carbocycles. The molecule has 1 amide bonds. The number of carboxylic acids is 1. The van der Waals surface area contributed by atoms with Crippen LogP contribution in [0, 0.1) is 17.8 Å². The second kappa shape index (κ2) is 5.39. The first kappa shape index (κ1) is 13.9. The van der Waals surface area contributed by atoms with Gasteiger partial charge in [0.15, 0.2) is 0 Å². The zero-order valence-corrected chi connectivity index (χ0v) is 12.0. The number of carbonyl (C=O) groups excluding carboxylic acids is 1. The lowest BCUT2D eigenvalue weighted by molar-refractivity contribution is -0.142. The number of hydrogen-bond donors (Lipinski definition) is 1. The number of methoxy groups -OCH3 is 1. The minimum Gasteiger partial charge on any atom is -0.497 e. The smallest absolute Gasteiger partial charge is 0.308 e. The highest BCUT2D eigenvalue weighted by atomic mass is 16.5. The first-order chi connectivity index (χ1) is 10.1. The van der Waals surface area contributed by atoms with Gasteiger partial charge in [-0.3, -0.25) is 9.59 Å². The minimum absolute atomic E-state index is 0.0907. The Kier molecular flexibility index (Phi) is 3.57. The fourth-order valence-corrected chi connectivity index (χ4v) is 3.17. The molecular formula is C16H19NO4. The van der Waals surface area contributed by atoms with E-state index in [1.165, 1.54) is 0 Å². The fraction of sp³-hybridized carbons (Fsp3) is 0.500. The average Bonchev–Trinajstić information content (AvgIpc) is 3.25. The summed E-state index contributed by atoms with van der Waals surface area (Å²) >= 11 is 0. The highest BCUT2D eigenvalue weighted by Gasteiger charge is 2.46. The number of likely N-dealkylation sites (tertiary alicyclic amines) is 1. The van der Waals surface area contributed by atoms with Crippen LogP contribution in [-0.2, 0) is 4.79 Å². The van der Waals surface area contributed by atoms with E-state index in [0.717, 1.165) is 12.8 Å². The highest BCUT2D eigenvalue weighted by Crippen LogP contribution is 2.44. The van der Waals surface area contributed by atoms with E-state index in [-0.39, 0.29) is 11.8 Å². The van der Waals surface area contributed by atoms with Gasteiger partial charge in [0.1, 0.15) is 5.75 Å². The van der Waals surface area contributed by atoms with Gasteiger partial charge in [-0.1, -0.05) is 0 Å². The Labute approximate surface area is 123 Å². The van der Waals surface area contributed by atoms with Crippen LogP contribution >= 0.6 is 0 Å². The lowest BCUT2D eigenvalue weighted by Gasteiger charge is -2.16. The number of hydrogen-bond acceptors (Lipinski definition) is 3. The number of nitrogens with zero attached hydrogens (tertiary/aromatic N) is 1. The molecule has 0 spiro atoms. The molecule has 1 aromatic carbocycles. The molecule has 1 aliphatic heterocycles. The first-order valence-corrected chi connectivity index (χ1v) is 7.26. The number of aliphatic carboxylic acids is 1. The molecular weight excluding hydrogens is 270 g/mol. The van der Waals surface area contributed by atoms with Gasteiger partial charge < -0.3 is 14.7 Å². The number of amides is 1. The third kappa shape index (κ3) is 2.73. The summed E-state index contributed by atoms with van der Waals surface area (Å²) in [6.45, 7) is 0.883. The molecule has 0 aromatic heterocycles. The molecule has 5 heteroatoms. The molecule has 21 heavy (non-hydrogen) atoms. The second-order valence-electron chi connectivity index (χ2n) is 5.88. The van der Waals surface area contributed by atoms with Crippen molar-refractivity contribution in [3.05, 3.63) is 29.8 Å². The lowest BCUT2D eigenvalue weighted by Crippen LogP contribution is -2.29. The minimum atomic E-state index is -0.781. The molecule has 0 bridgehead atoms. The van der Waals surface area contributed by atoms with E-state index in [0.29, 0.717) is 30.3 Å². The van der Waals surface area contributed by atoms with E-state index in [4.69, 9.17) is 4.74 Å². The van der Waals surface area contributed by atoms with Crippen LogP contribution in [0.2, 0.25) is 0 Å². The molecule has 0 radical (unpaired) electrons. The van der Waals surface area contributed by atoms with Gasteiger partial charge in [0.2, 0.25) is 0 Å². The maximum absolute atomic E-state index is 12.5. The molecule has 112 valence electrons. The van der Waals surface area contributed by atoms with Crippen molar-refractivity contribution in [3.8, 4) is 5.75 Å². The van der Waals surface area contributed by atoms with Crippen LogP contribution in [0.1, 0.15) is 23.2 Å². The summed E-state index contributed by atoms with van der Waals surface area (Å²) in [4.78, 5) is 25.6. The third-order valence-electron chi connectivity index (χ3n) is 4.53. The predicted molar refractivity (Wildman–Crippen MR) is 76.2 cm³/mol. The topological polar surface area (TPSA) is 66.8 Å². The molecule has 0 unspecified atom stereocenters. The Balaban J connectivity index is 1.74. The zero-order valence-electron chi connectivity index (χ0n) is 12.0. The van der Waals surface area contributed by atoms with E-state index in [2.05, 4.69) is 0 Å². The molecule has 2 fully saturated rings. The molecule has 1 saturated heterocycles. The first-order valence-electron chi connectivity index (χ1n) is 7.26. The Hall–Kier alpha value is -2.04. The van der Waals surface area contributed by atoms with Gasteiger partial charge in [-0.05, 0) is 48.9 Å². The average molecular weight is 289 g/mol. The van der Waals surface area contributed by atoms with Crippen molar-refractivity contribution in [2.24, 2.45) is 17.8 Å². The summed E-state index contributed by atoms with van der Waals surface area (Å²) in [5.74, 6) is 0.0142. The van der Waals surface area contributed by atoms with Crippen LogP contribution in [-0.4, -0.2) is 42.1 Å². The van der Waals surface area contributed by atoms with E-state index >= 15 is 0 Å². The summed E-state index contributed by atoms with van der Waals surface area (Å²) in [7, 11) is 1.58. The van der Waals surface area contributed by atoms with E-state index < -0.39 is 11.9 Å². The Morgan fingerprint density at radius 2 is 1.86 bits per heavy atom. The van der Waals surface area contributed by atoms with E-state index in [1.807, 2.05) is 0 Å². The number of carboxylic acid groups (broad SMARTS) is 1. The molecule has 1 aliphatic carbocycles. The van der Waals surface area contributed by atoms with Gasteiger partial charge in [-0.15, -0.1) is 0 Å². The summed E-state index contributed by atoms with van der Waals surface area (Å²) in [5.41, 5.74) is 0.580. The number of ether oxygens (including phenoxy) is 1. The molecule has 1 N–H and O–H groups in total. The number of rotatable bonds is 4. The molecule has 2 atom stereocenters. The quantitative estimate of drug-likeness (QED) is 0.919. The normalized spacial score (nSPS) is 24.9. The predicted octanol–water partition coefficient (Wildman–Crippen LogP) is 1.88. The molecule has 5 nitrogen and oxygen atoms in total. The van der Waals surface area contributed by atoms with Gasteiger partial charge in [0.05, 0.1) is 13.0 Å². The van der Waals surface area contributed by atoms with Gasteiger partial charge in [-0.2, -0.15) is 0 Å². The van der Waals surface area contributed by atoms with Crippen LogP contribution in [0.5, 0.6) is 5.75 Å². The van der Waals surface area contributed by atoms with E-state index in [1.54, 1.807) is 36.3 Å². The second-order valence-corrected chi connectivity index (χ2v) is 5.88. The Morgan fingerprint density at radius 1 is 1.19 bits per heavy atom. The summed E-state index contributed by atoms with van der Waals surface area (Å²) < 4.78 is 5.08. The van der Waals surface area contributed by atoms with Crippen molar-refractivity contribution in [1.82, 2.24) is 4.90 Å². The van der Waals surface area contributed by atoms with Crippen molar-refractivity contribution in [1.29, 1.82) is 0 Å². The van der Waals surface area contributed by atoms with Crippen LogP contribution in [0.15, 0.2) is 24.3 Å². The summed E-state index contributed by atoms with van der Waals surface area (Å²) in [6, 6.07) is 6.94. The van der Waals surface area contributed by atoms with Crippen LogP contribution in [0.25, 0.3) is 0 Å². The van der Waals surface area contributed by atoms with Gasteiger partial charge >= 0.3 is 5.97 Å². The van der Waals surface area contributed by atoms with Crippen molar-refractivity contribution in [2.45, 2.75) is 12.8 Å². The van der Waals surface area contributed by atoms with E-state index in [9.17, 15) is 14.7 Å². The van der Waals surface area contributed by atoms with Crippen LogP contribution < -0.4 is 4.74 Å². The van der Waals surface area contributed by atoms with Gasteiger partial charge in [-0.25, -0.2) is 0 Å². The van der Waals surface area contributed by atoms with Crippen molar-refractivity contribution < 1.29 is 19.4 Å². The molecule has 1 heterocycles. The number of carbonyl (C=O) groups is 2. The summed E-state index contributed by atoms with van der Waals surface area (Å²) in [6.07, 6.45) is 2.19. The maximum Gasteiger partial charge on any atom is 0.308 e. The van der Waals surface area contributed by atoms with Crippen molar-refractivity contribution in [2.75, 3.05) is 20.2 Å². The SMILES string of the molecule is COc1ccc(C(=O)N2C[C@H](C(=O)O)[C@@H](C3CC3)C2)cc1. The summed E-state index contributed by atoms with van der Waals surface area (Å²) in [5, 5.41) is 9.34. The Morgan fingerprint density at radius 3 is 2.38 bits per heavy atom. The standard InChI is InChI=1S/C16H19NO4/c1-21-12-6-4-11(5-7-12)15(18)17-8-13(10-2-3-10)14(9-17)16(19)20/h4-7,10,13-14H,2-3,8-9H2,1H3,(H,19,20)/t13-,14+/m1/s1. The van der Waals surface area contributed by atoms with Gasteiger partial charge in [0.25, 0.3) is 5.91 Å². The molecule has 2 aliphatic rings. The third-order valence-corrected chi connectivity index (χ3v) is 4.53. The maximum atomic E-state index is 12.5. The van der Waals surface area contributed by atoms with Crippen LogP contribution in [0.3, 0.4) is 0 Å². The Bertz CT molecular complexity index is 550. The number of benzene rings is 1. The van der Waals surface area contributed by atoms with Crippen molar-refractivity contribution in [3.63, 3.8) is 0 Å².